The van der Waals surface area contributed by atoms with Gasteiger partial charge in [-0.1, -0.05) is 0 Å². The molecule has 5 nitrogen and oxygen atoms in total. The molecular formula is C14H18N4OS. The van der Waals surface area contributed by atoms with E-state index in [0.29, 0.717) is 23.2 Å². The molecule has 1 fully saturated rings. The van der Waals surface area contributed by atoms with E-state index in [4.69, 9.17) is 5.73 Å². The zero-order valence-corrected chi connectivity index (χ0v) is 12.2. The zero-order chi connectivity index (χ0) is 14.1. The molecule has 1 aliphatic rings. The fourth-order valence-electron chi connectivity index (χ4n) is 2.24. The highest BCUT2D eigenvalue weighted by molar-refractivity contribution is 7.21. The molecular weight excluding hydrogens is 272 g/mol. The molecule has 0 aromatic carbocycles. The number of carbonyl (C=O) groups is 1. The van der Waals surface area contributed by atoms with Gasteiger partial charge in [0.2, 0.25) is 0 Å². The number of nitrogens with two attached hydrogens (primary N) is 1. The lowest BCUT2D eigenvalue weighted by atomic mass is 10.3. The number of nitrogens with zero attached hydrogens (tertiary/aromatic N) is 2. The first-order valence-electron chi connectivity index (χ1n) is 6.78. The summed E-state index contributed by atoms with van der Waals surface area (Å²) in [6.07, 6.45) is 4.25. The van der Waals surface area contributed by atoms with Crippen LogP contribution in [0.1, 0.15) is 22.5 Å². The number of nitrogen functional groups attached to an aromatic ring is 1. The number of thiophene rings is 1. The van der Waals surface area contributed by atoms with Crippen LogP contribution < -0.4 is 11.1 Å². The third-order valence-electron chi connectivity index (χ3n) is 3.61. The Bertz CT molecular complexity index is 635. The Morgan fingerprint density at radius 3 is 3.10 bits per heavy atom. The molecule has 6 heteroatoms. The summed E-state index contributed by atoms with van der Waals surface area (Å²) < 4.78 is 0.949. The van der Waals surface area contributed by atoms with Crippen molar-refractivity contribution in [2.75, 3.05) is 25.9 Å². The summed E-state index contributed by atoms with van der Waals surface area (Å²) in [5.74, 6) is -0.102. The van der Waals surface area contributed by atoms with Crippen molar-refractivity contribution in [3.8, 4) is 0 Å². The van der Waals surface area contributed by atoms with Crippen molar-refractivity contribution in [2.24, 2.45) is 0 Å². The molecule has 2 heterocycles. The summed E-state index contributed by atoms with van der Waals surface area (Å²) in [5.41, 5.74) is 7.21. The van der Waals surface area contributed by atoms with E-state index in [0.717, 1.165) is 16.8 Å². The molecule has 0 atom stereocenters. The highest BCUT2D eigenvalue weighted by Crippen LogP contribution is 2.31. The number of rotatable bonds is 5. The normalized spacial score (nSPS) is 14.9. The largest absolute Gasteiger partial charge is 0.396 e. The molecule has 0 aliphatic heterocycles. The number of amides is 1. The predicted molar refractivity (Wildman–Crippen MR) is 82.0 cm³/mol. The molecule has 0 radical (unpaired) electrons. The lowest BCUT2D eigenvalue weighted by Crippen LogP contribution is -2.33. The minimum Gasteiger partial charge on any atom is -0.396 e. The number of aromatic nitrogens is 1. The summed E-state index contributed by atoms with van der Waals surface area (Å²) in [6.45, 7) is 1.52. The average molecular weight is 290 g/mol. The Morgan fingerprint density at radius 1 is 1.60 bits per heavy atom. The van der Waals surface area contributed by atoms with Crippen molar-refractivity contribution in [3.05, 3.63) is 23.2 Å². The van der Waals surface area contributed by atoms with E-state index >= 15 is 0 Å². The van der Waals surface area contributed by atoms with Crippen molar-refractivity contribution in [1.29, 1.82) is 0 Å². The van der Waals surface area contributed by atoms with Gasteiger partial charge in [0.15, 0.2) is 0 Å². The molecule has 0 spiro atoms. The van der Waals surface area contributed by atoms with Crippen LogP contribution >= 0.6 is 11.3 Å². The van der Waals surface area contributed by atoms with Gasteiger partial charge in [-0.2, -0.15) is 0 Å². The predicted octanol–water partition coefficient (Wildman–Crippen LogP) is 1.70. The van der Waals surface area contributed by atoms with Gasteiger partial charge in [0.05, 0.1) is 10.4 Å². The van der Waals surface area contributed by atoms with E-state index in [9.17, 15) is 4.79 Å². The maximum atomic E-state index is 12.2. The third-order valence-corrected chi connectivity index (χ3v) is 4.77. The summed E-state index contributed by atoms with van der Waals surface area (Å²) in [5, 5.41) is 2.94. The number of likely N-dealkylation sites (N-methyl/N-ethyl adjacent to an activating group) is 1. The Labute approximate surface area is 121 Å². The van der Waals surface area contributed by atoms with E-state index in [1.165, 1.54) is 24.2 Å². The second-order valence-electron chi connectivity index (χ2n) is 5.16. The van der Waals surface area contributed by atoms with Crippen LogP contribution in [-0.2, 0) is 0 Å². The first-order valence-corrected chi connectivity index (χ1v) is 7.60. The van der Waals surface area contributed by atoms with E-state index in [2.05, 4.69) is 22.2 Å². The maximum absolute atomic E-state index is 12.2. The molecule has 0 unspecified atom stereocenters. The highest BCUT2D eigenvalue weighted by atomic mass is 32.1. The topological polar surface area (TPSA) is 71.2 Å². The zero-order valence-electron chi connectivity index (χ0n) is 11.4. The van der Waals surface area contributed by atoms with Crippen molar-refractivity contribution < 1.29 is 4.79 Å². The number of fused-ring (bicyclic) bond motifs is 1. The molecule has 2 aromatic rings. The van der Waals surface area contributed by atoms with Crippen LogP contribution in [0.2, 0.25) is 0 Å². The standard InChI is InChI=1S/C14H18N4OS/c1-18(9-4-5-9)8-7-17-14(19)13-11(15)12-10(20-13)3-2-6-16-12/h2-3,6,9H,4-5,7-8,15H2,1H3,(H,17,19). The molecule has 2 aromatic heterocycles. The van der Waals surface area contributed by atoms with E-state index in [1.807, 2.05) is 12.1 Å². The van der Waals surface area contributed by atoms with Crippen molar-refractivity contribution >= 4 is 33.1 Å². The van der Waals surface area contributed by atoms with Crippen LogP contribution in [-0.4, -0.2) is 42.0 Å². The van der Waals surface area contributed by atoms with E-state index in [1.54, 1.807) is 6.20 Å². The van der Waals surface area contributed by atoms with Crippen LogP contribution in [0.3, 0.4) is 0 Å². The summed E-state index contributed by atoms with van der Waals surface area (Å²) in [6, 6.07) is 4.50. The number of hydrogen-bond acceptors (Lipinski definition) is 5. The minimum atomic E-state index is -0.102. The van der Waals surface area contributed by atoms with Crippen LogP contribution in [0.15, 0.2) is 18.3 Å². The Kier molecular flexibility index (Phi) is 3.58. The maximum Gasteiger partial charge on any atom is 0.263 e. The van der Waals surface area contributed by atoms with Gasteiger partial charge in [-0.15, -0.1) is 11.3 Å². The third kappa shape index (κ3) is 2.62. The summed E-state index contributed by atoms with van der Waals surface area (Å²) in [7, 11) is 2.10. The van der Waals surface area contributed by atoms with Crippen molar-refractivity contribution in [1.82, 2.24) is 15.2 Å². The molecule has 3 N–H and O–H groups in total. The molecule has 3 rings (SSSR count). The van der Waals surface area contributed by atoms with Crippen LogP contribution in [0, 0.1) is 0 Å². The van der Waals surface area contributed by atoms with Gasteiger partial charge in [-0.3, -0.25) is 9.78 Å². The van der Waals surface area contributed by atoms with Crippen molar-refractivity contribution in [3.63, 3.8) is 0 Å². The van der Waals surface area contributed by atoms with Gasteiger partial charge in [-0.05, 0) is 32.0 Å². The van der Waals surface area contributed by atoms with Gasteiger partial charge >= 0.3 is 0 Å². The molecule has 0 saturated heterocycles. The lowest BCUT2D eigenvalue weighted by Gasteiger charge is -2.15. The monoisotopic (exact) mass is 290 g/mol. The molecule has 20 heavy (non-hydrogen) atoms. The summed E-state index contributed by atoms with van der Waals surface area (Å²) in [4.78, 5) is 19.2. The van der Waals surface area contributed by atoms with Crippen LogP contribution in [0.25, 0.3) is 10.2 Å². The Hall–Kier alpha value is -1.66. The van der Waals surface area contributed by atoms with Gasteiger partial charge in [-0.25, -0.2) is 0 Å². The average Bonchev–Trinajstić information content (AvgIpc) is 3.24. The van der Waals surface area contributed by atoms with E-state index in [-0.39, 0.29) is 5.91 Å². The number of anilines is 1. The molecule has 1 amide bonds. The number of carbonyl (C=O) groups excluding carboxylic acids is 1. The van der Waals surface area contributed by atoms with Gasteiger partial charge in [0, 0.05) is 25.3 Å². The Balaban J connectivity index is 1.64. The number of pyridine rings is 1. The highest BCUT2D eigenvalue weighted by Gasteiger charge is 2.25. The van der Waals surface area contributed by atoms with Crippen molar-refractivity contribution in [2.45, 2.75) is 18.9 Å². The van der Waals surface area contributed by atoms with Crippen LogP contribution in [0.5, 0.6) is 0 Å². The SMILES string of the molecule is CN(CCNC(=O)c1sc2cccnc2c1N)C1CC1. The quantitative estimate of drug-likeness (QED) is 0.879. The number of hydrogen-bond donors (Lipinski definition) is 2. The minimum absolute atomic E-state index is 0.102. The molecule has 1 aliphatic carbocycles. The van der Waals surface area contributed by atoms with Gasteiger partial charge < -0.3 is 16.0 Å². The first kappa shape index (κ1) is 13.3. The second-order valence-corrected chi connectivity index (χ2v) is 6.21. The first-order chi connectivity index (χ1) is 9.66. The second kappa shape index (κ2) is 5.38. The van der Waals surface area contributed by atoms with Crippen LogP contribution in [0.4, 0.5) is 5.69 Å². The number of nitrogens with one attached hydrogen (secondary N) is 1. The smallest absolute Gasteiger partial charge is 0.263 e. The van der Waals surface area contributed by atoms with Gasteiger partial charge in [0.25, 0.3) is 5.91 Å². The lowest BCUT2D eigenvalue weighted by molar-refractivity contribution is 0.0954. The molecule has 0 bridgehead atoms. The van der Waals surface area contributed by atoms with Gasteiger partial charge in [0.1, 0.15) is 10.4 Å². The fourth-order valence-corrected chi connectivity index (χ4v) is 3.24. The Morgan fingerprint density at radius 2 is 2.40 bits per heavy atom. The fraction of sp³-hybridized carbons (Fsp3) is 0.429. The van der Waals surface area contributed by atoms with E-state index < -0.39 is 0 Å². The summed E-state index contributed by atoms with van der Waals surface area (Å²) >= 11 is 1.40. The molecule has 1 saturated carbocycles. The molecule has 106 valence electrons.